The molecule has 2 rings (SSSR count). The highest BCUT2D eigenvalue weighted by Crippen LogP contribution is 2.11. The minimum atomic E-state index is -0.461. The molecule has 154 valence electrons. The second-order valence-electron chi connectivity index (χ2n) is 7.02. The van der Waals surface area contributed by atoms with Crippen LogP contribution in [-0.4, -0.2) is 35.8 Å². The Morgan fingerprint density at radius 3 is 2.17 bits per heavy atom. The molecular formula is C23H28N2O4. The minimum absolute atomic E-state index is 0.0688. The summed E-state index contributed by atoms with van der Waals surface area (Å²) in [5.74, 6) is -0.822. The van der Waals surface area contributed by atoms with Crippen LogP contribution in [0, 0.1) is 6.92 Å². The number of anilines is 1. The average Bonchev–Trinajstić information content (AvgIpc) is 2.68. The fourth-order valence-corrected chi connectivity index (χ4v) is 2.84. The lowest BCUT2D eigenvalue weighted by Gasteiger charge is -2.22. The van der Waals surface area contributed by atoms with Crippen molar-refractivity contribution in [1.29, 1.82) is 0 Å². The van der Waals surface area contributed by atoms with Crippen LogP contribution in [0.2, 0.25) is 0 Å². The van der Waals surface area contributed by atoms with Crippen LogP contribution in [-0.2, 0) is 32.1 Å². The van der Waals surface area contributed by atoms with Gasteiger partial charge >= 0.3 is 5.97 Å². The Balaban J connectivity index is 1.85. The molecule has 0 radical (unpaired) electrons. The number of esters is 1. The first kappa shape index (κ1) is 22.1. The van der Waals surface area contributed by atoms with Crippen LogP contribution in [0.15, 0.2) is 48.5 Å². The smallest absolute Gasteiger partial charge is 0.310 e. The minimum Gasteiger partial charge on any atom is -0.455 e. The van der Waals surface area contributed by atoms with Gasteiger partial charge in [-0.1, -0.05) is 48.9 Å². The third-order valence-corrected chi connectivity index (χ3v) is 4.32. The Kier molecular flexibility index (Phi) is 8.40. The standard InChI is InChI=1S/C23H28N2O4/c1-4-13-25(15-20-7-5-17(2)6-8-20)22(27)16-29-23(28)14-19-9-11-21(12-10-19)24-18(3)26/h5-12H,4,13-16H2,1-3H3,(H,24,26). The first-order chi connectivity index (χ1) is 13.9. The Morgan fingerprint density at radius 2 is 1.59 bits per heavy atom. The van der Waals surface area contributed by atoms with Crippen LogP contribution in [0.1, 0.15) is 37.0 Å². The van der Waals surface area contributed by atoms with Gasteiger partial charge in [-0.2, -0.15) is 0 Å². The molecule has 0 atom stereocenters. The number of nitrogens with one attached hydrogen (secondary N) is 1. The molecule has 0 aliphatic carbocycles. The predicted octanol–water partition coefficient (Wildman–Crippen LogP) is 3.48. The second-order valence-corrected chi connectivity index (χ2v) is 7.02. The van der Waals surface area contributed by atoms with Gasteiger partial charge < -0.3 is 15.0 Å². The van der Waals surface area contributed by atoms with Crippen LogP contribution >= 0.6 is 0 Å². The predicted molar refractivity (Wildman–Crippen MR) is 112 cm³/mol. The van der Waals surface area contributed by atoms with Crippen molar-refractivity contribution in [2.45, 2.75) is 40.2 Å². The topological polar surface area (TPSA) is 75.7 Å². The number of benzene rings is 2. The molecule has 0 heterocycles. The van der Waals surface area contributed by atoms with Gasteiger partial charge in [0.1, 0.15) is 0 Å². The van der Waals surface area contributed by atoms with E-state index >= 15 is 0 Å². The number of amides is 2. The van der Waals surface area contributed by atoms with E-state index in [-0.39, 0.29) is 24.8 Å². The van der Waals surface area contributed by atoms with Crippen molar-refractivity contribution in [1.82, 2.24) is 4.90 Å². The van der Waals surface area contributed by atoms with Crippen molar-refractivity contribution in [3.8, 4) is 0 Å². The van der Waals surface area contributed by atoms with Crippen LogP contribution in [0.5, 0.6) is 0 Å². The SMILES string of the molecule is CCCN(Cc1ccc(C)cc1)C(=O)COC(=O)Cc1ccc(NC(C)=O)cc1. The lowest BCUT2D eigenvalue weighted by atomic mass is 10.1. The fraction of sp³-hybridized carbons (Fsp3) is 0.348. The zero-order valence-corrected chi connectivity index (χ0v) is 17.2. The first-order valence-corrected chi connectivity index (χ1v) is 9.73. The highest BCUT2D eigenvalue weighted by Gasteiger charge is 2.16. The van der Waals surface area contributed by atoms with Gasteiger partial charge in [0, 0.05) is 25.7 Å². The Hall–Kier alpha value is -3.15. The first-order valence-electron chi connectivity index (χ1n) is 9.73. The molecule has 0 fully saturated rings. The van der Waals surface area contributed by atoms with Crippen molar-refractivity contribution in [2.24, 2.45) is 0 Å². The number of carbonyl (C=O) groups excluding carboxylic acids is 3. The molecule has 0 aliphatic rings. The lowest BCUT2D eigenvalue weighted by molar-refractivity contribution is -0.151. The molecule has 29 heavy (non-hydrogen) atoms. The summed E-state index contributed by atoms with van der Waals surface area (Å²) in [7, 11) is 0. The molecule has 0 saturated carbocycles. The third kappa shape index (κ3) is 7.78. The normalized spacial score (nSPS) is 10.3. The van der Waals surface area contributed by atoms with Crippen molar-refractivity contribution in [3.63, 3.8) is 0 Å². The van der Waals surface area contributed by atoms with Crippen molar-refractivity contribution >= 4 is 23.5 Å². The number of hydrogen-bond acceptors (Lipinski definition) is 4. The highest BCUT2D eigenvalue weighted by atomic mass is 16.5. The molecule has 0 aromatic heterocycles. The summed E-state index contributed by atoms with van der Waals surface area (Å²) in [6.45, 7) is 6.29. The monoisotopic (exact) mass is 396 g/mol. The van der Waals surface area contributed by atoms with E-state index in [2.05, 4.69) is 5.32 Å². The van der Waals surface area contributed by atoms with Crippen molar-refractivity contribution in [3.05, 3.63) is 65.2 Å². The molecule has 2 aromatic carbocycles. The molecule has 0 bridgehead atoms. The van der Waals surface area contributed by atoms with E-state index in [4.69, 9.17) is 4.74 Å². The van der Waals surface area contributed by atoms with E-state index in [9.17, 15) is 14.4 Å². The lowest BCUT2D eigenvalue weighted by Crippen LogP contribution is -2.35. The molecule has 6 heteroatoms. The van der Waals surface area contributed by atoms with Gasteiger partial charge in [0.2, 0.25) is 5.91 Å². The largest absolute Gasteiger partial charge is 0.455 e. The number of aryl methyl sites for hydroxylation is 1. The van der Waals surface area contributed by atoms with Gasteiger partial charge in [-0.05, 0) is 36.6 Å². The summed E-state index contributed by atoms with van der Waals surface area (Å²) < 4.78 is 5.19. The molecule has 2 aromatic rings. The quantitative estimate of drug-likeness (QED) is 0.659. The summed E-state index contributed by atoms with van der Waals surface area (Å²) in [6.07, 6.45) is 0.894. The highest BCUT2D eigenvalue weighted by molar-refractivity contribution is 5.88. The zero-order chi connectivity index (χ0) is 21.2. The molecular weight excluding hydrogens is 368 g/mol. The van der Waals surface area contributed by atoms with Crippen LogP contribution in [0.4, 0.5) is 5.69 Å². The van der Waals surface area contributed by atoms with E-state index in [0.717, 1.165) is 17.5 Å². The van der Waals surface area contributed by atoms with E-state index in [1.807, 2.05) is 38.1 Å². The Morgan fingerprint density at radius 1 is 0.966 bits per heavy atom. The summed E-state index contributed by atoms with van der Waals surface area (Å²) in [5, 5.41) is 2.67. The summed E-state index contributed by atoms with van der Waals surface area (Å²) >= 11 is 0. The maximum atomic E-state index is 12.5. The molecule has 2 amide bonds. The maximum absolute atomic E-state index is 12.5. The molecule has 0 aliphatic heterocycles. The van der Waals surface area contributed by atoms with Crippen LogP contribution in [0.25, 0.3) is 0 Å². The van der Waals surface area contributed by atoms with Gasteiger partial charge in [-0.3, -0.25) is 14.4 Å². The van der Waals surface area contributed by atoms with E-state index in [1.54, 1.807) is 29.2 Å². The summed E-state index contributed by atoms with van der Waals surface area (Å²) in [5.41, 5.74) is 3.63. The Bertz CT molecular complexity index is 829. The van der Waals surface area contributed by atoms with Gasteiger partial charge in [0.15, 0.2) is 6.61 Å². The van der Waals surface area contributed by atoms with Gasteiger partial charge in [-0.15, -0.1) is 0 Å². The van der Waals surface area contributed by atoms with Crippen molar-refractivity contribution < 1.29 is 19.1 Å². The second kappa shape index (κ2) is 11.0. The van der Waals surface area contributed by atoms with Gasteiger partial charge in [0.25, 0.3) is 5.91 Å². The Labute approximate surface area is 171 Å². The van der Waals surface area contributed by atoms with Crippen LogP contribution < -0.4 is 5.32 Å². The number of ether oxygens (including phenoxy) is 1. The van der Waals surface area contributed by atoms with Gasteiger partial charge in [-0.25, -0.2) is 0 Å². The number of rotatable bonds is 9. The fourth-order valence-electron chi connectivity index (χ4n) is 2.84. The van der Waals surface area contributed by atoms with E-state index < -0.39 is 5.97 Å². The number of nitrogens with zero attached hydrogens (tertiary/aromatic N) is 1. The maximum Gasteiger partial charge on any atom is 0.310 e. The summed E-state index contributed by atoms with van der Waals surface area (Å²) in [4.78, 5) is 37.4. The molecule has 1 N–H and O–H groups in total. The molecule has 6 nitrogen and oxygen atoms in total. The number of hydrogen-bond donors (Lipinski definition) is 1. The zero-order valence-electron chi connectivity index (χ0n) is 17.2. The molecule has 0 spiro atoms. The van der Waals surface area contributed by atoms with Crippen molar-refractivity contribution in [2.75, 3.05) is 18.5 Å². The number of carbonyl (C=O) groups is 3. The third-order valence-electron chi connectivity index (χ3n) is 4.32. The molecule has 0 unspecified atom stereocenters. The molecule has 0 saturated heterocycles. The van der Waals surface area contributed by atoms with E-state index in [1.165, 1.54) is 12.5 Å². The van der Waals surface area contributed by atoms with Gasteiger partial charge in [0.05, 0.1) is 6.42 Å². The summed E-state index contributed by atoms with van der Waals surface area (Å²) in [6, 6.07) is 15.0. The van der Waals surface area contributed by atoms with E-state index in [0.29, 0.717) is 18.8 Å². The van der Waals surface area contributed by atoms with Crippen LogP contribution in [0.3, 0.4) is 0 Å². The average molecular weight is 396 g/mol.